The number of carbonyl (C=O) groups excluding carboxylic acids is 1. The third-order valence-corrected chi connectivity index (χ3v) is 3.51. The van der Waals surface area contributed by atoms with Crippen molar-refractivity contribution in [1.29, 1.82) is 0 Å². The highest BCUT2D eigenvalue weighted by atomic mass is 32.1. The van der Waals surface area contributed by atoms with Gasteiger partial charge in [0.2, 0.25) is 5.91 Å². The average molecular weight is 272 g/mol. The predicted octanol–water partition coefficient (Wildman–Crippen LogP) is 2.28. The molecule has 19 heavy (non-hydrogen) atoms. The SMILES string of the molecule is Cc1nc2ccc(NC(=O)Cc3cccs3)cn2n1. The molecule has 0 aliphatic carbocycles. The fourth-order valence-electron chi connectivity index (χ4n) is 1.84. The maximum atomic E-state index is 11.9. The summed E-state index contributed by atoms with van der Waals surface area (Å²) < 4.78 is 1.66. The summed E-state index contributed by atoms with van der Waals surface area (Å²) in [6.07, 6.45) is 2.16. The summed E-state index contributed by atoms with van der Waals surface area (Å²) in [5.74, 6) is 0.681. The van der Waals surface area contributed by atoms with E-state index in [4.69, 9.17) is 0 Å². The van der Waals surface area contributed by atoms with Gasteiger partial charge in [-0.25, -0.2) is 9.50 Å². The van der Waals surface area contributed by atoms with Gasteiger partial charge in [-0.15, -0.1) is 11.3 Å². The van der Waals surface area contributed by atoms with Crippen molar-refractivity contribution in [3.05, 3.63) is 46.5 Å². The average Bonchev–Trinajstić information content (AvgIpc) is 2.96. The van der Waals surface area contributed by atoms with E-state index in [0.29, 0.717) is 12.2 Å². The summed E-state index contributed by atoms with van der Waals surface area (Å²) in [5, 5.41) is 9.04. The number of anilines is 1. The minimum Gasteiger partial charge on any atom is -0.324 e. The lowest BCUT2D eigenvalue weighted by molar-refractivity contribution is -0.115. The van der Waals surface area contributed by atoms with Gasteiger partial charge in [0, 0.05) is 4.88 Å². The number of amides is 1. The number of aryl methyl sites for hydroxylation is 1. The third-order valence-electron chi connectivity index (χ3n) is 2.64. The Bertz CT molecular complexity index is 717. The molecule has 0 aromatic carbocycles. The molecule has 1 amide bonds. The number of fused-ring (bicyclic) bond motifs is 1. The minimum atomic E-state index is -0.0290. The molecule has 0 unspecified atom stereocenters. The molecule has 0 saturated carbocycles. The van der Waals surface area contributed by atoms with Gasteiger partial charge in [0.1, 0.15) is 5.82 Å². The lowest BCUT2D eigenvalue weighted by Gasteiger charge is -2.04. The van der Waals surface area contributed by atoms with Crippen LogP contribution in [0.4, 0.5) is 5.69 Å². The van der Waals surface area contributed by atoms with E-state index in [0.717, 1.165) is 16.2 Å². The Morgan fingerprint density at radius 3 is 3.11 bits per heavy atom. The van der Waals surface area contributed by atoms with E-state index < -0.39 is 0 Å². The molecule has 0 aliphatic heterocycles. The first kappa shape index (κ1) is 11.9. The fourth-order valence-corrected chi connectivity index (χ4v) is 2.55. The molecule has 96 valence electrons. The Morgan fingerprint density at radius 2 is 2.32 bits per heavy atom. The number of rotatable bonds is 3. The number of carbonyl (C=O) groups is 1. The number of nitrogens with one attached hydrogen (secondary N) is 1. The van der Waals surface area contributed by atoms with Crippen molar-refractivity contribution < 1.29 is 4.79 Å². The van der Waals surface area contributed by atoms with E-state index in [9.17, 15) is 4.79 Å². The van der Waals surface area contributed by atoms with Crippen molar-refractivity contribution in [1.82, 2.24) is 14.6 Å². The van der Waals surface area contributed by atoms with Crippen molar-refractivity contribution in [3.8, 4) is 0 Å². The van der Waals surface area contributed by atoms with Gasteiger partial charge in [0.05, 0.1) is 18.3 Å². The molecule has 3 rings (SSSR count). The lowest BCUT2D eigenvalue weighted by atomic mass is 10.3. The van der Waals surface area contributed by atoms with Crippen LogP contribution in [0.25, 0.3) is 5.65 Å². The highest BCUT2D eigenvalue weighted by Crippen LogP contribution is 2.12. The van der Waals surface area contributed by atoms with E-state index in [2.05, 4.69) is 15.4 Å². The molecule has 0 radical (unpaired) electrons. The molecule has 6 heteroatoms. The van der Waals surface area contributed by atoms with Gasteiger partial charge < -0.3 is 5.32 Å². The van der Waals surface area contributed by atoms with Gasteiger partial charge in [0.15, 0.2) is 5.65 Å². The summed E-state index contributed by atoms with van der Waals surface area (Å²) in [7, 11) is 0. The predicted molar refractivity (Wildman–Crippen MR) is 74.4 cm³/mol. The van der Waals surface area contributed by atoms with Crippen molar-refractivity contribution in [2.75, 3.05) is 5.32 Å². The lowest BCUT2D eigenvalue weighted by Crippen LogP contribution is -2.14. The van der Waals surface area contributed by atoms with Crippen LogP contribution in [0, 0.1) is 6.92 Å². The molecule has 3 aromatic heterocycles. The highest BCUT2D eigenvalue weighted by Gasteiger charge is 2.06. The van der Waals surface area contributed by atoms with Crippen LogP contribution in [0.3, 0.4) is 0 Å². The number of hydrogen-bond donors (Lipinski definition) is 1. The van der Waals surface area contributed by atoms with Gasteiger partial charge >= 0.3 is 0 Å². The number of hydrogen-bond acceptors (Lipinski definition) is 4. The molecule has 0 bridgehead atoms. The topological polar surface area (TPSA) is 59.3 Å². The molecular weight excluding hydrogens is 260 g/mol. The maximum absolute atomic E-state index is 11.9. The van der Waals surface area contributed by atoms with E-state index in [1.807, 2.05) is 36.6 Å². The summed E-state index contributed by atoms with van der Waals surface area (Å²) in [6.45, 7) is 1.84. The van der Waals surface area contributed by atoms with E-state index in [1.165, 1.54) is 0 Å². The van der Waals surface area contributed by atoms with Crippen LogP contribution in [0.2, 0.25) is 0 Å². The van der Waals surface area contributed by atoms with E-state index in [-0.39, 0.29) is 5.91 Å². The molecule has 0 spiro atoms. The Hall–Kier alpha value is -2.21. The standard InChI is InChI=1S/C13H12N4OS/c1-9-14-12-5-4-10(8-17(12)16-9)15-13(18)7-11-3-2-6-19-11/h2-6,8H,7H2,1H3,(H,15,18). The van der Waals surface area contributed by atoms with Crippen LogP contribution in [0.1, 0.15) is 10.7 Å². The Kier molecular flexibility index (Phi) is 3.00. The largest absolute Gasteiger partial charge is 0.324 e. The van der Waals surface area contributed by atoms with E-state index >= 15 is 0 Å². The van der Waals surface area contributed by atoms with Gasteiger partial charge in [-0.05, 0) is 30.5 Å². The second-order valence-electron chi connectivity index (χ2n) is 4.18. The summed E-state index contributed by atoms with van der Waals surface area (Å²) in [5.41, 5.74) is 1.49. The van der Waals surface area contributed by atoms with Gasteiger partial charge in [0.25, 0.3) is 0 Å². The second-order valence-corrected chi connectivity index (χ2v) is 5.22. The zero-order valence-corrected chi connectivity index (χ0v) is 11.1. The zero-order valence-electron chi connectivity index (χ0n) is 10.3. The number of aromatic nitrogens is 3. The fraction of sp³-hybridized carbons (Fsp3) is 0.154. The number of pyridine rings is 1. The first-order valence-electron chi connectivity index (χ1n) is 5.86. The Morgan fingerprint density at radius 1 is 1.42 bits per heavy atom. The van der Waals surface area contributed by atoms with Crippen LogP contribution in [0.15, 0.2) is 35.8 Å². The van der Waals surface area contributed by atoms with Crippen LogP contribution in [0.5, 0.6) is 0 Å². The summed E-state index contributed by atoms with van der Waals surface area (Å²) in [4.78, 5) is 17.2. The summed E-state index contributed by atoms with van der Waals surface area (Å²) >= 11 is 1.58. The summed E-state index contributed by atoms with van der Waals surface area (Å²) in [6, 6.07) is 7.56. The van der Waals surface area contributed by atoms with E-state index in [1.54, 1.807) is 22.0 Å². The molecule has 0 atom stereocenters. The Balaban J connectivity index is 1.75. The van der Waals surface area contributed by atoms with Crippen molar-refractivity contribution in [2.45, 2.75) is 13.3 Å². The molecule has 1 N–H and O–H groups in total. The Labute approximate surface area is 113 Å². The number of thiophene rings is 1. The van der Waals surface area contributed by atoms with Crippen molar-refractivity contribution >= 4 is 28.6 Å². The minimum absolute atomic E-state index is 0.0290. The van der Waals surface area contributed by atoms with Gasteiger partial charge in [-0.3, -0.25) is 4.79 Å². The van der Waals surface area contributed by atoms with Crippen LogP contribution in [-0.4, -0.2) is 20.5 Å². The molecule has 0 aliphatic rings. The highest BCUT2D eigenvalue weighted by molar-refractivity contribution is 7.10. The van der Waals surface area contributed by atoms with Crippen LogP contribution in [-0.2, 0) is 11.2 Å². The second kappa shape index (κ2) is 4.81. The monoisotopic (exact) mass is 272 g/mol. The maximum Gasteiger partial charge on any atom is 0.229 e. The first-order valence-corrected chi connectivity index (χ1v) is 6.74. The molecule has 5 nitrogen and oxygen atoms in total. The van der Waals surface area contributed by atoms with Crippen LogP contribution < -0.4 is 5.32 Å². The van der Waals surface area contributed by atoms with Gasteiger partial charge in [-0.2, -0.15) is 5.10 Å². The van der Waals surface area contributed by atoms with Crippen molar-refractivity contribution in [2.24, 2.45) is 0 Å². The molecule has 0 fully saturated rings. The first-order chi connectivity index (χ1) is 9.20. The van der Waals surface area contributed by atoms with Crippen LogP contribution >= 0.6 is 11.3 Å². The number of nitrogens with zero attached hydrogens (tertiary/aromatic N) is 3. The molecule has 3 aromatic rings. The molecular formula is C13H12N4OS. The normalized spacial score (nSPS) is 10.8. The van der Waals surface area contributed by atoms with Gasteiger partial charge in [-0.1, -0.05) is 6.07 Å². The smallest absolute Gasteiger partial charge is 0.229 e. The molecule has 0 saturated heterocycles. The quantitative estimate of drug-likeness (QED) is 0.795. The van der Waals surface area contributed by atoms with Crippen molar-refractivity contribution in [3.63, 3.8) is 0 Å². The third kappa shape index (κ3) is 2.63. The zero-order chi connectivity index (χ0) is 13.2. The molecule has 3 heterocycles.